The van der Waals surface area contributed by atoms with Crippen molar-refractivity contribution < 1.29 is 4.39 Å². The van der Waals surface area contributed by atoms with Gasteiger partial charge in [0, 0.05) is 23.1 Å². The maximum absolute atomic E-state index is 13.6. The average molecular weight is 452 g/mol. The van der Waals surface area contributed by atoms with Crippen LogP contribution < -0.4 is 5.32 Å². The molecule has 168 valence electrons. The molecule has 1 aromatic heterocycles. The molecule has 0 saturated carbocycles. The Kier molecular flexibility index (Phi) is 7.40. The summed E-state index contributed by atoms with van der Waals surface area (Å²) < 4.78 is 15.8. The molecule has 1 saturated heterocycles. The van der Waals surface area contributed by atoms with Crippen molar-refractivity contribution in [1.82, 2.24) is 9.47 Å². The smallest absolute Gasteiger partial charge is 0.143 e. The lowest BCUT2D eigenvalue weighted by molar-refractivity contribution is 0.212. The first kappa shape index (κ1) is 22.7. The highest BCUT2D eigenvalue weighted by Gasteiger charge is 2.16. The summed E-state index contributed by atoms with van der Waals surface area (Å²) in [5.74, 6) is 6.87. The lowest BCUT2D eigenvalue weighted by atomic mass is 9.90. The van der Waals surface area contributed by atoms with Crippen LogP contribution in [0.1, 0.15) is 37.4 Å². The number of hydrogen-bond donors (Lipinski definition) is 1. The molecule has 2 heterocycles. The van der Waals surface area contributed by atoms with Gasteiger partial charge in [-0.2, -0.15) is 0 Å². The molecular weight excluding hydrogens is 421 g/mol. The van der Waals surface area contributed by atoms with Gasteiger partial charge in [-0.05, 0) is 107 Å². The molecule has 0 bridgehead atoms. The van der Waals surface area contributed by atoms with Crippen LogP contribution in [0.25, 0.3) is 10.9 Å². The van der Waals surface area contributed by atoms with E-state index in [2.05, 4.69) is 64.9 Å². The molecule has 0 radical (unpaired) electrons. The van der Waals surface area contributed by atoms with E-state index in [1.54, 1.807) is 12.1 Å². The van der Waals surface area contributed by atoms with Gasteiger partial charge in [0.15, 0.2) is 0 Å². The molecule has 0 unspecified atom stereocenters. The molecule has 0 aliphatic carbocycles. The largest absolute Gasteiger partial charge is 0.374 e. The van der Waals surface area contributed by atoms with Crippen LogP contribution in [0.4, 0.5) is 10.1 Å². The van der Waals surface area contributed by atoms with Crippen molar-refractivity contribution in [3.8, 4) is 11.8 Å². The molecule has 1 aliphatic rings. The molecule has 0 atom stereocenters. The van der Waals surface area contributed by atoms with E-state index in [0.717, 1.165) is 24.6 Å². The highest BCUT2D eigenvalue weighted by Crippen LogP contribution is 2.25. The van der Waals surface area contributed by atoms with E-state index >= 15 is 0 Å². The molecule has 5 heteroatoms. The molecule has 1 N–H and O–H groups in total. The first-order valence-electron chi connectivity index (χ1n) is 11.5. The third-order valence-corrected chi connectivity index (χ3v) is 6.78. The van der Waals surface area contributed by atoms with E-state index in [9.17, 15) is 4.39 Å². The van der Waals surface area contributed by atoms with E-state index in [1.165, 1.54) is 54.9 Å². The summed E-state index contributed by atoms with van der Waals surface area (Å²) in [6.45, 7) is 5.92. The van der Waals surface area contributed by atoms with Crippen LogP contribution in [-0.2, 0) is 13.0 Å². The van der Waals surface area contributed by atoms with Crippen LogP contribution in [0.3, 0.4) is 0 Å². The lowest BCUT2D eigenvalue weighted by Crippen LogP contribution is -2.30. The first-order chi connectivity index (χ1) is 15.5. The van der Waals surface area contributed by atoms with Gasteiger partial charge in [-0.25, -0.2) is 4.39 Å². The van der Waals surface area contributed by atoms with Gasteiger partial charge >= 0.3 is 0 Å². The molecule has 3 nitrogen and oxygen atoms in total. The van der Waals surface area contributed by atoms with Crippen LogP contribution in [0.15, 0.2) is 42.5 Å². The minimum absolute atomic E-state index is 0.125. The van der Waals surface area contributed by atoms with Crippen LogP contribution in [-0.4, -0.2) is 36.1 Å². The SMILES string of the molecule is CCn1c(C#CCNc2ccc(Cl)c(F)c2)cc2cc(CCC3CCN(C)CC3)ccc21. The number of hydrogen-bond acceptors (Lipinski definition) is 2. The van der Waals surface area contributed by atoms with Gasteiger partial charge in [-0.3, -0.25) is 0 Å². The molecule has 32 heavy (non-hydrogen) atoms. The van der Waals surface area contributed by atoms with E-state index in [-0.39, 0.29) is 5.02 Å². The number of aromatic nitrogens is 1. The van der Waals surface area contributed by atoms with E-state index in [4.69, 9.17) is 11.6 Å². The van der Waals surface area contributed by atoms with Crippen molar-refractivity contribution >= 4 is 28.2 Å². The zero-order valence-corrected chi connectivity index (χ0v) is 19.7. The summed E-state index contributed by atoms with van der Waals surface area (Å²) in [7, 11) is 2.22. The van der Waals surface area contributed by atoms with Gasteiger partial charge in [0.1, 0.15) is 5.82 Å². The second-order valence-corrected chi connectivity index (χ2v) is 9.14. The second kappa shape index (κ2) is 10.4. The van der Waals surface area contributed by atoms with Crippen molar-refractivity contribution in [2.24, 2.45) is 5.92 Å². The van der Waals surface area contributed by atoms with Crippen LogP contribution in [0, 0.1) is 23.6 Å². The quantitative estimate of drug-likeness (QED) is 0.451. The number of halogens is 2. The zero-order valence-electron chi connectivity index (χ0n) is 18.9. The van der Waals surface area contributed by atoms with Crippen molar-refractivity contribution in [3.05, 3.63) is 64.6 Å². The number of nitrogens with one attached hydrogen (secondary N) is 1. The molecule has 4 rings (SSSR count). The van der Waals surface area contributed by atoms with Crippen LogP contribution in [0.5, 0.6) is 0 Å². The predicted octanol–water partition coefficient (Wildman–Crippen LogP) is 6.19. The highest BCUT2D eigenvalue weighted by molar-refractivity contribution is 6.30. The molecule has 1 fully saturated rings. The van der Waals surface area contributed by atoms with Gasteiger partial charge in [-0.1, -0.05) is 23.6 Å². The molecule has 3 aromatic rings. The summed E-state index contributed by atoms with van der Waals surface area (Å²) in [6.07, 6.45) is 5.06. The van der Waals surface area contributed by atoms with Gasteiger partial charge in [0.05, 0.1) is 17.3 Å². The predicted molar refractivity (Wildman–Crippen MR) is 133 cm³/mol. The third kappa shape index (κ3) is 5.46. The molecule has 0 amide bonds. The van der Waals surface area contributed by atoms with Gasteiger partial charge in [0.2, 0.25) is 0 Å². The van der Waals surface area contributed by atoms with Crippen molar-refractivity contribution in [2.45, 2.75) is 39.2 Å². The first-order valence-corrected chi connectivity index (χ1v) is 11.9. The fourth-order valence-corrected chi connectivity index (χ4v) is 4.65. The number of rotatable bonds is 6. The van der Waals surface area contributed by atoms with E-state index in [0.29, 0.717) is 12.2 Å². The number of aryl methyl sites for hydroxylation is 2. The summed E-state index contributed by atoms with van der Waals surface area (Å²) >= 11 is 5.73. The standard InChI is InChI=1S/C27H31ClFN3/c1-3-32-24(5-4-14-30-23-9-10-25(28)26(29)19-23)18-22-17-21(8-11-27(22)32)7-6-20-12-15-31(2)16-13-20/h8-11,17-20,30H,3,6-7,12-16H2,1-2H3. The molecule has 2 aromatic carbocycles. The third-order valence-electron chi connectivity index (χ3n) is 6.48. The summed E-state index contributed by atoms with van der Waals surface area (Å²) in [5.41, 5.74) is 4.33. The fraction of sp³-hybridized carbons (Fsp3) is 0.407. The minimum atomic E-state index is -0.428. The maximum Gasteiger partial charge on any atom is 0.143 e. The van der Waals surface area contributed by atoms with Crippen molar-refractivity contribution in [3.63, 3.8) is 0 Å². The van der Waals surface area contributed by atoms with Crippen molar-refractivity contribution in [2.75, 3.05) is 32.0 Å². The summed E-state index contributed by atoms with van der Waals surface area (Å²) in [4.78, 5) is 2.43. The number of fused-ring (bicyclic) bond motifs is 1. The molecule has 1 aliphatic heterocycles. The highest BCUT2D eigenvalue weighted by atomic mass is 35.5. The Bertz CT molecular complexity index is 1130. The van der Waals surface area contributed by atoms with Gasteiger partial charge < -0.3 is 14.8 Å². The Morgan fingerprint density at radius 1 is 1.12 bits per heavy atom. The Morgan fingerprint density at radius 2 is 1.94 bits per heavy atom. The fourth-order valence-electron chi connectivity index (χ4n) is 4.53. The number of nitrogens with zero attached hydrogens (tertiary/aromatic N) is 2. The number of likely N-dealkylation sites (tertiary alicyclic amines) is 1. The average Bonchev–Trinajstić information content (AvgIpc) is 3.15. The Morgan fingerprint density at radius 3 is 2.69 bits per heavy atom. The van der Waals surface area contributed by atoms with Crippen LogP contribution >= 0.6 is 11.6 Å². The number of benzene rings is 2. The second-order valence-electron chi connectivity index (χ2n) is 8.74. The minimum Gasteiger partial charge on any atom is -0.374 e. The Balaban J connectivity index is 1.42. The maximum atomic E-state index is 13.6. The monoisotopic (exact) mass is 451 g/mol. The number of anilines is 1. The summed E-state index contributed by atoms with van der Waals surface area (Å²) in [6, 6.07) is 13.7. The van der Waals surface area contributed by atoms with E-state index in [1.807, 2.05) is 0 Å². The van der Waals surface area contributed by atoms with Gasteiger partial charge in [-0.15, -0.1) is 0 Å². The number of piperidine rings is 1. The van der Waals surface area contributed by atoms with Crippen molar-refractivity contribution in [1.29, 1.82) is 0 Å². The normalized spacial score (nSPS) is 15.0. The van der Waals surface area contributed by atoms with E-state index < -0.39 is 5.82 Å². The molecule has 0 spiro atoms. The zero-order chi connectivity index (χ0) is 22.5. The van der Waals surface area contributed by atoms with Gasteiger partial charge in [0.25, 0.3) is 0 Å². The topological polar surface area (TPSA) is 20.2 Å². The molecular formula is C27H31ClFN3. The lowest BCUT2D eigenvalue weighted by Gasteiger charge is -2.28. The Hall–Kier alpha value is -2.48. The summed E-state index contributed by atoms with van der Waals surface area (Å²) in [5, 5.41) is 4.51. The Labute approximate surface area is 195 Å². The van der Waals surface area contributed by atoms with Crippen LogP contribution in [0.2, 0.25) is 5.02 Å².